The van der Waals surface area contributed by atoms with E-state index in [1.807, 2.05) is 0 Å². The van der Waals surface area contributed by atoms with Crippen molar-refractivity contribution >= 4 is 5.91 Å². The molecule has 4 rings (SSSR count). The number of fused-ring (bicyclic) bond motifs is 3. The summed E-state index contributed by atoms with van der Waals surface area (Å²) in [4.78, 5) is 18.2. The number of piperazine rings is 4. The maximum Gasteiger partial charge on any atom is 0.405 e. The van der Waals surface area contributed by atoms with E-state index < -0.39 is 12.2 Å². The molecule has 4 saturated heterocycles. The lowest BCUT2D eigenvalue weighted by Gasteiger charge is -2.50. The van der Waals surface area contributed by atoms with Gasteiger partial charge in [0.1, 0.15) is 12.1 Å². The molecule has 0 aromatic rings. The van der Waals surface area contributed by atoms with Crippen LogP contribution in [0.4, 0.5) is 13.2 Å². The number of amides is 1. The Bertz CT molecular complexity index is 455. The second-order valence-electron chi connectivity index (χ2n) is 6.94. The van der Waals surface area contributed by atoms with Gasteiger partial charge in [-0.1, -0.05) is 0 Å². The summed E-state index contributed by atoms with van der Waals surface area (Å²) in [7, 11) is 0. The standard InChI is InChI=1S/C15H26F3N5O/c1-11-9-23-7-6-22(11)10-12(23)14(24)20-8-13(15(16,17)18)21-4-2-19-3-5-21/h11-13,19H,2-10H2,1H3,(H,20,24). The number of carbonyl (C=O) groups excluding carboxylic acids is 1. The Morgan fingerprint density at radius 2 is 1.83 bits per heavy atom. The van der Waals surface area contributed by atoms with Crippen LogP contribution in [0, 0.1) is 0 Å². The number of halogens is 3. The van der Waals surface area contributed by atoms with Crippen LogP contribution < -0.4 is 10.6 Å². The first-order valence-corrected chi connectivity index (χ1v) is 8.63. The molecule has 2 N–H and O–H groups in total. The molecule has 138 valence electrons. The van der Waals surface area contributed by atoms with Crippen molar-refractivity contribution in [2.45, 2.75) is 31.2 Å². The molecule has 9 heteroatoms. The fraction of sp³-hybridized carbons (Fsp3) is 0.933. The van der Waals surface area contributed by atoms with Crippen LogP contribution in [0.5, 0.6) is 0 Å². The van der Waals surface area contributed by atoms with Gasteiger partial charge in [0.2, 0.25) is 5.91 Å². The lowest BCUT2D eigenvalue weighted by Crippen LogP contribution is -2.68. The minimum absolute atomic E-state index is 0.281. The van der Waals surface area contributed by atoms with Crippen LogP contribution >= 0.6 is 0 Å². The summed E-state index contributed by atoms with van der Waals surface area (Å²) >= 11 is 0. The molecular weight excluding hydrogens is 323 g/mol. The Labute approximate surface area is 140 Å². The number of hydrogen-bond acceptors (Lipinski definition) is 5. The molecule has 4 fully saturated rings. The van der Waals surface area contributed by atoms with Crippen molar-refractivity contribution in [2.75, 3.05) is 58.9 Å². The molecular formula is C15H26F3N5O. The number of nitrogens with zero attached hydrogens (tertiary/aromatic N) is 3. The van der Waals surface area contributed by atoms with Crippen LogP contribution in [0.1, 0.15) is 6.92 Å². The quantitative estimate of drug-likeness (QED) is 0.705. The molecule has 4 aliphatic rings. The maximum absolute atomic E-state index is 13.4. The third-order valence-electron chi connectivity index (χ3n) is 5.39. The number of alkyl halides is 3. The second kappa shape index (κ2) is 7.15. The highest BCUT2D eigenvalue weighted by molar-refractivity contribution is 5.82. The molecule has 5 unspecified atom stereocenters. The molecule has 4 heterocycles. The summed E-state index contributed by atoms with van der Waals surface area (Å²) in [6.45, 7) is 6.68. The van der Waals surface area contributed by atoms with Crippen LogP contribution in [-0.2, 0) is 4.79 Å². The van der Waals surface area contributed by atoms with Crippen molar-refractivity contribution in [1.29, 1.82) is 0 Å². The van der Waals surface area contributed by atoms with E-state index in [-0.39, 0.29) is 18.5 Å². The minimum Gasteiger partial charge on any atom is -0.353 e. The smallest absolute Gasteiger partial charge is 0.353 e. The monoisotopic (exact) mass is 349 g/mol. The molecule has 6 nitrogen and oxygen atoms in total. The van der Waals surface area contributed by atoms with Crippen LogP contribution in [0.3, 0.4) is 0 Å². The minimum atomic E-state index is -4.34. The Kier molecular flexibility index (Phi) is 5.33. The zero-order valence-electron chi connectivity index (χ0n) is 14.0. The van der Waals surface area contributed by atoms with Gasteiger partial charge in [-0.3, -0.25) is 19.5 Å². The van der Waals surface area contributed by atoms with Gasteiger partial charge in [-0.2, -0.15) is 13.2 Å². The zero-order valence-corrected chi connectivity index (χ0v) is 14.0. The largest absolute Gasteiger partial charge is 0.405 e. The normalized spacial score (nSPS) is 35.7. The van der Waals surface area contributed by atoms with E-state index in [0.717, 1.165) is 19.6 Å². The lowest BCUT2D eigenvalue weighted by atomic mass is 10.0. The van der Waals surface area contributed by atoms with Crippen molar-refractivity contribution in [3.05, 3.63) is 0 Å². The topological polar surface area (TPSA) is 50.9 Å². The van der Waals surface area contributed by atoms with E-state index in [2.05, 4.69) is 27.4 Å². The zero-order chi connectivity index (χ0) is 17.3. The van der Waals surface area contributed by atoms with Gasteiger partial charge in [0.25, 0.3) is 0 Å². The van der Waals surface area contributed by atoms with Gasteiger partial charge in [-0.25, -0.2) is 0 Å². The SMILES string of the molecule is CC1CN2CCN1CC2C(=O)NCC(N1CCNCC1)C(F)(F)F. The van der Waals surface area contributed by atoms with Gasteiger partial charge in [0.15, 0.2) is 0 Å². The average molecular weight is 349 g/mol. The molecule has 1 amide bonds. The highest BCUT2D eigenvalue weighted by Gasteiger charge is 2.45. The molecule has 0 radical (unpaired) electrons. The number of hydrogen-bond donors (Lipinski definition) is 2. The van der Waals surface area contributed by atoms with Crippen LogP contribution in [0.2, 0.25) is 0 Å². The highest BCUT2D eigenvalue weighted by Crippen LogP contribution is 2.25. The van der Waals surface area contributed by atoms with E-state index in [1.165, 1.54) is 4.90 Å². The summed E-state index contributed by atoms with van der Waals surface area (Å²) in [5.41, 5.74) is 0. The Hall–Kier alpha value is -0.900. The molecule has 5 atom stereocenters. The van der Waals surface area contributed by atoms with Gasteiger partial charge in [-0.15, -0.1) is 0 Å². The third-order valence-corrected chi connectivity index (χ3v) is 5.39. The number of carbonyl (C=O) groups is 1. The van der Waals surface area contributed by atoms with Crippen LogP contribution in [0.25, 0.3) is 0 Å². The third kappa shape index (κ3) is 3.84. The fourth-order valence-corrected chi connectivity index (χ4v) is 3.92. The van der Waals surface area contributed by atoms with Crippen molar-refractivity contribution < 1.29 is 18.0 Å². The molecule has 24 heavy (non-hydrogen) atoms. The van der Waals surface area contributed by atoms with Crippen molar-refractivity contribution in [3.63, 3.8) is 0 Å². The first-order valence-electron chi connectivity index (χ1n) is 8.63. The van der Waals surface area contributed by atoms with Crippen molar-refractivity contribution in [2.24, 2.45) is 0 Å². The van der Waals surface area contributed by atoms with E-state index in [9.17, 15) is 18.0 Å². The highest BCUT2D eigenvalue weighted by atomic mass is 19.4. The van der Waals surface area contributed by atoms with Crippen molar-refractivity contribution in [3.8, 4) is 0 Å². The summed E-state index contributed by atoms with van der Waals surface area (Å²) < 4.78 is 40.1. The maximum atomic E-state index is 13.4. The van der Waals surface area contributed by atoms with Crippen LogP contribution in [0.15, 0.2) is 0 Å². The van der Waals surface area contributed by atoms with Gasteiger partial charge in [-0.05, 0) is 6.92 Å². The molecule has 0 saturated carbocycles. The molecule has 0 aromatic heterocycles. The predicted molar refractivity (Wildman–Crippen MR) is 83.7 cm³/mol. The molecule has 0 spiro atoms. The van der Waals surface area contributed by atoms with E-state index in [4.69, 9.17) is 0 Å². The molecule has 2 bridgehead atoms. The fourth-order valence-electron chi connectivity index (χ4n) is 3.92. The summed E-state index contributed by atoms with van der Waals surface area (Å²) in [6.07, 6.45) is -4.34. The lowest BCUT2D eigenvalue weighted by molar-refractivity contribution is -0.184. The van der Waals surface area contributed by atoms with E-state index in [1.54, 1.807) is 0 Å². The van der Waals surface area contributed by atoms with Gasteiger partial charge >= 0.3 is 6.18 Å². The van der Waals surface area contributed by atoms with E-state index >= 15 is 0 Å². The van der Waals surface area contributed by atoms with Crippen LogP contribution in [-0.4, -0.2) is 104 Å². The molecule has 4 aliphatic heterocycles. The number of nitrogens with one attached hydrogen (secondary N) is 2. The predicted octanol–water partition coefficient (Wildman–Crippen LogP) is -0.673. The summed E-state index contributed by atoms with van der Waals surface area (Å²) in [5.74, 6) is -0.281. The molecule has 0 aromatic carbocycles. The first kappa shape index (κ1) is 17.9. The number of rotatable bonds is 4. The Morgan fingerprint density at radius 1 is 1.17 bits per heavy atom. The summed E-state index contributed by atoms with van der Waals surface area (Å²) in [6, 6.07) is -1.53. The van der Waals surface area contributed by atoms with E-state index in [0.29, 0.717) is 38.8 Å². The van der Waals surface area contributed by atoms with Gasteiger partial charge in [0, 0.05) is 64.9 Å². The second-order valence-corrected chi connectivity index (χ2v) is 6.94. The molecule has 0 aliphatic carbocycles. The van der Waals surface area contributed by atoms with Gasteiger partial charge < -0.3 is 10.6 Å². The Balaban J connectivity index is 1.57. The average Bonchev–Trinajstić information content (AvgIpc) is 2.55. The first-order chi connectivity index (χ1) is 11.4. The van der Waals surface area contributed by atoms with Gasteiger partial charge in [0.05, 0.1) is 0 Å². The Morgan fingerprint density at radius 3 is 2.38 bits per heavy atom. The summed E-state index contributed by atoms with van der Waals surface area (Å²) in [5, 5.41) is 5.62. The van der Waals surface area contributed by atoms with Crippen molar-refractivity contribution in [1.82, 2.24) is 25.3 Å².